The number of carbonyl (C=O) groups is 2. The average Bonchev–Trinajstić information content (AvgIpc) is 3.38. The van der Waals surface area contributed by atoms with Gasteiger partial charge in [-0.2, -0.15) is 5.10 Å². The van der Waals surface area contributed by atoms with Crippen molar-refractivity contribution in [3.05, 3.63) is 53.1 Å². The Labute approximate surface area is 226 Å². The molecule has 1 fully saturated rings. The Morgan fingerprint density at radius 2 is 1.92 bits per heavy atom. The minimum atomic E-state index is -0.541. The van der Waals surface area contributed by atoms with Crippen LogP contribution < -0.4 is 10.2 Å². The number of ether oxygens (including phenoxy) is 1. The third kappa shape index (κ3) is 5.00. The van der Waals surface area contributed by atoms with E-state index in [4.69, 9.17) is 16.3 Å². The Morgan fingerprint density at radius 1 is 1.16 bits per heavy atom. The monoisotopic (exact) mass is 537 g/mol. The quantitative estimate of drug-likeness (QED) is 0.400. The summed E-state index contributed by atoms with van der Waals surface area (Å²) in [5, 5.41) is 8.88. The number of halogens is 1. The second-order valence-electron chi connectivity index (χ2n) is 10.8. The summed E-state index contributed by atoms with van der Waals surface area (Å²) in [5.41, 5.74) is 3.53. The van der Waals surface area contributed by atoms with Crippen molar-refractivity contribution >= 4 is 51.5 Å². The van der Waals surface area contributed by atoms with Crippen molar-refractivity contribution in [1.82, 2.24) is 24.1 Å². The molecule has 1 N–H and O–H groups in total. The number of nitrogens with one attached hydrogen (secondary N) is 1. The number of anilines is 2. The molecule has 5 rings (SSSR count). The van der Waals surface area contributed by atoms with Gasteiger partial charge in [0.2, 0.25) is 0 Å². The van der Waals surface area contributed by atoms with Crippen LogP contribution in [0, 0.1) is 6.92 Å². The van der Waals surface area contributed by atoms with Gasteiger partial charge in [0.15, 0.2) is 5.65 Å². The number of aromatic nitrogens is 4. The summed E-state index contributed by atoms with van der Waals surface area (Å²) in [5.74, 6) is -0.282. The highest BCUT2D eigenvalue weighted by atomic mass is 35.5. The second-order valence-corrected chi connectivity index (χ2v) is 11.2. The lowest BCUT2D eigenvalue weighted by molar-refractivity contribution is 0.0159. The maximum absolute atomic E-state index is 13.4. The first-order chi connectivity index (χ1) is 17.9. The van der Waals surface area contributed by atoms with Crippen molar-refractivity contribution in [1.29, 1.82) is 0 Å². The summed E-state index contributed by atoms with van der Waals surface area (Å²) in [6, 6.07) is 5.40. The van der Waals surface area contributed by atoms with Crippen molar-refractivity contribution in [2.24, 2.45) is 7.05 Å². The molecule has 10 nitrogen and oxygen atoms in total. The van der Waals surface area contributed by atoms with Gasteiger partial charge >= 0.3 is 6.09 Å². The number of hydrogen-bond acceptors (Lipinski definition) is 6. The molecule has 0 saturated carbocycles. The van der Waals surface area contributed by atoms with Crippen molar-refractivity contribution in [2.45, 2.75) is 46.3 Å². The number of rotatable bonds is 3. The largest absolute Gasteiger partial charge is 0.444 e. The van der Waals surface area contributed by atoms with Gasteiger partial charge in [-0.15, -0.1) is 0 Å². The molecule has 1 aliphatic heterocycles. The zero-order valence-electron chi connectivity index (χ0n) is 22.4. The molecule has 3 aromatic heterocycles. The van der Waals surface area contributed by atoms with Crippen LogP contribution in [0.2, 0.25) is 5.02 Å². The summed E-state index contributed by atoms with van der Waals surface area (Å²) in [4.78, 5) is 34.4. The van der Waals surface area contributed by atoms with E-state index in [2.05, 4.69) is 20.3 Å². The van der Waals surface area contributed by atoms with E-state index in [0.717, 1.165) is 16.8 Å². The number of piperazine rings is 1. The van der Waals surface area contributed by atoms with E-state index < -0.39 is 5.60 Å². The van der Waals surface area contributed by atoms with Crippen molar-refractivity contribution < 1.29 is 14.3 Å². The summed E-state index contributed by atoms with van der Waals surface area (Å²) in [6.45, 7) is 11.3. The van der Waals surface area contributed by atoms with E-state index in [1.54, 1.807) is 32.3 Å². The lowest BCUT2D eigenvalue weighted by Gasteiger charge is -2.41. The lowest BCUT2D eigenvalue weighted by atomic mass is 10.1. The van der Waals surface area contributed by atoms with Crippen LogP contribution >= 0.6 is 11.6 Å². The second kappa shape index (κ2) is 9.50. The average molecular weight is 538 g/mol. The molecule has 0 bridgehead atoms. The molecule has 4 aromatic rings. The SMILES string of the molecule is Cc1cn2cc(NC(=O)c3ccc(N4CCN(C(=O)OC(C)(C)C)C(C)C4)c4cn(C)nc34)cc(Cl)c2n1. The number of benzene rings is 1. The van der Waals surface area contributed by atoms with Gasteiger partial charge in [0.1, 0.15) is 11.1 Å². The molecule has 1 aromatic carbocycles. The van der Waals surface area contributed by atoms with Crippen molar-refractivity contribution in [3.63, 3.8) is 0 Å². The van der Waals surface area contributed by atoms with Crippen LogP contribution in [-0.4, -0.2) is 67.3 Å². The number of hydrogen-bond donors (Lipinski definition) is 1. The van der Waals surface area contributed by atoms with E-state index in [1.165, 1.54) is 0 Å². The van der Waals surface area contributed by atoms with Crippen LogP contribution in [0.15, 0.2) is 36.8 Å². The van der Waals surface area contributed by atoms with E-state index in [-0.39, 0.29) is 18.0 Å². The smallest absolute Gasteiger partial charge is 0.410 e. The Balaban J connectivity index is 1.39. The number of amides is 2. The van der Waals surface area contributed by atoms with Crippen LogP contribution in [0.1, 0.15) is 43.7 Å². The van der Waals surface area contributed by atoms with Gasteiger partial charge in [0, 0.05) is 62.4 Å². The minimum absolute atomic E-state index is 0.0419. The Bertz CT molecular complexity index is 1550. The number of carbonyl (C=O) groups excluding carboxylic acids is 2. The molecule has 0 spiro atoms. The number of aryl methyl sites for hydroxylation is 2. The Hall–Kier alpha value is -3.79. The molecule has 2 amide bonds. The number of imidazole rings is 1. The van der Waals surface area contributed by atoms with E-state index in [1.807, 2.05) is 60.1 Å². The van der Waals surface area contributed by atoms with Crippen LogP contribution in [0.4, 0.5) is 16.2 Å². The Morgan fingerprint density at radius 3 is 2.63 bits per heavy atom. The van der Waals surface area contributed by atoms with E-state index in [9.17, 15) is 9.59 Å². The Kier molecular flexibility index (Phi) is 6.46. The highest BCUT2D eigenvalue weighted by Crippen LogP contribution is 2.31. The topological polar surface area (TPSA) is 97.0 Å². The number of fused-ring (bicyclic) bond motifs is 2. The summed E-state index contributed by atoms with van der Waals surface area (Å²) >= 11 is 6.39. The van der Waals surface area contributed by atoms with Gasteiger partial charge in [0.05, 0.1) is 22.0 Å². The first-order valence-corrected chi connectivity index (χ1v) is 12.9. The first-order valence-electron chi connectivity index (χ1n) is 12.6. The molecule has 1 aliphatic rings. The fourth-order valence-electron chi connectivity index (χ4n) is 4.88. The molecule has 11 heteroatoms. The molecule has 0 radical (unpaired) electrons. The van der Waals surface area contributed by atoms with E-state index in [0.29, 0.717) is 47.1 Å². The summed E-state index contributed by atoms with van der Waals surface area (Å²) < 4.78 is 9.09. The highest BCUT2D eigenvalue weighted by Gasteiger charge is 2.32. The van der Waals surface area contributed by atoms with E-state index >= 15 is 0 Å². The van der Waals surface area contributed by atoms with Gasteiger partial charge in [-0.1, -0.05) is 11.6 Å². The zero-order valence-corrected chi connectivity index (χ0v) is 23.2. The predicted octanol–water partition coefficient (Wildman–Crippen LogP) is 4.88. The van der Waals surface area contributed by atoms with Crippen LogP contribution in [0.25, 0.3) is 16.6 Å². The third-order valence-corrected chi connectivity index (χ3v) is 6.77. The van der Waals surface area contributed by atoms with Gasteiger partial charge in [0.25, 0.3) is 5.91 Å². The molecular formula is C27H32ClN7O3. The molecule has 200 valence electrons. The molecule has 1 atom stereocenters. The molecule has 0 aliphatic carbocycles. The summed E-state index contributed by atoms with van der Waals surface area (Å²) in [7, 11) is 1.84. The standard InChI is InChI=1S/C27H32ClN7O3/c1-16-12-34-14-18(11-21(28)24(34)29-16)30-25(36)19-7-8-22(20-15-32(6)31-23(19)20)33-9-10-35(17(2)13-33)26(37)38-27(3,4)5/h7-8,11-12,14-15,17H,9-10,13H2,1-6H3,(H,30,36). The number of nitrogens with zero attached hydrogens (tertiary/aromatic N) is 6. The highest BCUT2D eigenvalue weighted by molar-refractivity contribution is 6.33. The van der Waals surface area contributed by atoms with Gasteiger partial charge in [-0.05, 0) is 52.8 Å². The maximum Gasteiger partial charge on any atom is 0.410 e. The molecule has 38 heavy (non-hydrogen) atoms. The van der Waals surface area contributed by atoms with Gasteiger partial charge in [-0.25, -0.2) is 9.78 Å². The number of pyridine rings is 1. The predicted molar refractivity (Wildman–Crippen MR) is 148 cm³/mol. The molecule has 4 heterocycles. The normalized spacial score (nSPS) is 16.3. The maximum atomic E-state index is 13.4. The van der Waals surface area contributed by atoms with Gasteiger partial charge < -0.3 is 24.3 Å². The zero-order chi connectivity index (χ0) is 27.4. The fourth-order valence-corrected chi connectivity index (χ4v) is 5.14. The lowest BCUT2D eigenvalue weighted by Crippen LogP contribution is -2.55. The van der Waals surface area contributed by atoms with Crippen molar-refractivity contribution in [2.75, 3.05) is 29.9 Å². The molecular weight excluding hydrogens is 506 g/mol. The van der Waals surface area contributed by atoms with Gasteiger partial charge in [-0.3, -0.25) is 9.48 Å². The molecule has 1 unspecified atom stereocenters. The third-order valence-electron chi connectivity index (χ3n) is 6.49. The van der Waals surface area contributed by atoms with Crippen LogP contribution in [0.3, 0.4) is 0 Å². The molecule has 1 saturated heterocycles. The first kappa shape index (κ1) is 25.8. The van der Waals surface area contributed by atoms with Crippen LogP contribution in [-0.2, 0) is 11.8 Å². The van der Waals surface area contributed by atoms with Crippen LogP contribution in [0.5, 0.6) is 0 Å². The van der Waals surface area contributed by atoms with Crippen molar-refractivity contribution in [3.8, 4) is 0 Å². The minimum Gasteiger partial charge on any atom is -0.444 e. The summed E-state index contributed by atoms with van der Waals surface area (Å²) in [6.07, 6.45) is 5.26. The fraction of sp³-hybridized carbons (Fsp3) is 0.407.